The molecule has 0 aliphatic carbocycles. The summed E-state index contributed by atoms with van der Waals surface area (Å²) in [6.07, 6.45) is -0.971. The number of likely N-dealkylation sites (N-methyl/N-ethyl adjacent to an activating group) is 1. The van der Waals surface area contributed by atoms with Crippen molar-refractivity contribution in [3.63, 3.8) is 0 Å². The van der Waals surface area contributed by atoms with Crippen LogP contribution in [-0.4, -0.2) is 74.2 Å². The predicted octanol–water partition coefficient (Wildman–Crippen LogP) is 0.612. The summed E-state index contributed by atoms with van der Waals surface area (Å²) in [6.45, 7) is 4.10. The number of phosphoric ester groups is 1. The lowest BCUT2D eigenvalue weighted by Crippen LogP contribution is -2.37. The van der Waals surface area contributed by atoms with Crippen molar-refractivity contribution in [1.82, 2.24) is 0 Å². The molecule has 0 rings (SSSR count). The molecule has 0 aliphatic rings. The van der Waals surface area contributed by atoms with Gasteiger partial charge in [-0.2, -0.15) is 0 Å². The molecule has 0 aliphatic heterocycles. The van der Waals surface area contributed by atoms with Gasteiger partial charge in [0.1, 0.15) is 19.3 Å². The summed E-state index contributed by atoms with van der Waals surface area (Å²) in [7, 11) is 1.73. The second-order valence-electron chi connectivity index (χ2n) is 5.65. The lowest BCUT2D eigenvalue weighted by molar-refractivity contribution is -0.870. The number of hydrogen-bond acceptors (Lipinski definition) is 5. The van der Waals surface area contributed by atoms with Gasteiger partial charge >= 0.3 is 7.82 Å². The van der Waals surface area contributed by atoms with Gasteiger partial charge in [-0.1, -0.05) is 0 Å². The fraction of sp³-hybridized carbons (Fsp3) is 1.00. The van der Waals surface area contributed by atoms with Crippen LogP contribution in [0.3, 0.4) is 0 Å². The van der Waals surface area contributed by atoms with E-state index in [4.69, 9.17) is 13.8 Å². The van der Waals surface area contributed by atoms with Crippen molar-refractivity contribution in [2.24, 2.45) is 0 Å². The van der Waals surface area contributed by atoms with Crippen molar-refractivity contribution >= 4 is 7.82 Å². The van der Waals surface area contributed by atoms with E-state index in [1.54, 1.807) is 0 Å². The number of hydrogen-bond donors (Lipinski definition) is 2. The van der Waals surface area contributed by atoms with E-state index in [1.807, 2.05) is 35.0 Å². The lowest BCUT2D eigenvalue weighted by atomic mass is 10.4. The maximum absolute atomic E-state index is 11.5. The second kappa shape index (κ2) is 8.32. The van der Waals surface area contributed by atoms with E-state index < -0.39 is 13.9 Å². The van der Waals surface area contributed by atoms with Gasteiger partial charge in [-0.05, 0) is 13.8 Å². The Morgan fingerprint density at radius 3 is 2.21 bits per heavy atom. The highest BCUT2D eigenvalue weighted by molar-refractivity contribution is 7.47. The summed E-state index contributed by atoms with van der Waals surface area (Å²) in [5.74, 6) is 0. The standard InChI is InChI=1S/C11H26NO6P/c1-10(2)16-8-11(13)9-18-19(14,15)17-7-6-12(3,4)5/h10-11,13H,6-9H2,1-5H3/p+1/t11-/m1/s1. The Hall–Kier alpha value is -0.0100. The maximum Gasteiger partial charge on any atom is 0.472 e. The van der Waals surface area contributed by atoms with E-state index in [2.05, 4.69) is 0 Å². The third-order valence-corrected chi connectivity index (χ3v) is 3.05. The first-order valence-electron chi connectivity index (χ1n) is 6.24. The van der Waals surface area contributed by atoms with E-state index in [1.165, 1.54) is 0 Å². The molecule has 0 fully saturated rings. The number of rotatable bonds is 10. The zero-order valence-electron chi connectivity index (χ0n) is 12.4. The molecule has 2 atom stereocenters. The normalized spacial score (nSPS) is 17.5. The quantitative estimate of drug-likeness (QED) is 0.454. The molecule has 0 aromatic heterocycles. The highest BCUT2D eigenvalue weighted by Crippen LogP contribution is 2.43. The highest BCUT2D eigenvalue weighted by atomic mass is 31.2. The van der Waals surface area contributed by atoms with Crippen LogP contribution in [0.25, 0.3) is 0 Å². The van der Waals surface area contributed by atoms with Crippen LogP contribution in [0.4, 0.5) is 0 Å². The van der Waals surface area contributed by atoms with E-state index in [0.29, 0.717) is 11.0 Å². The van der Waals surface area contributed by atoms with Crippen molar-refractivity contribution in [2.75, 3.05) is 47.5 Å². The molecule has 0 aromatic carbocycles. The van der Waals surface area contributed by atoms with Gasteiger partial charge in [0.2, 0.25) is 0 Å². The van der Waals surface area contributed by atoms with Gasteiger partial charge < -0.3 is 19.2 Å². The first-order chi connectivity index (χ1) is 8.52. The molecular weight excluding hydrogens is 273 g/mol. The van der Waals surface area contributed by atoms with E-state index >= 15 is 0 Å². The van der Waals surface area contributed by atoms with E-state index in [-0.39, 0.29) is 25.9 Å². The maximum atomic E-state index is 11.5. The van der Waals surface area contributed by atoms with Crippen LogP contribution in [0.1, 0.15) is 13.8 Å². The van der Waals surface area contributed by atoms with Crippen LogP contribution >= 0.6 is 7.82 Å². The van der Waals surface area contributed by atoms with Crippen LogP contribution in [0.5, 0.6) is 0 Å². The van der Waals surface area contributed by atoms with Crippen LogP contribution in [0.2, 0.25) is 0 Å². The Kier molecular flexibility index (Phi) is 8.31. The smallest absolute Gasteiger partial charge is 0.388 e. The molecule has 0 bridgehead atoms. The third kappa shape index (κ3) is 12.8. The van der Waals surface area contributed by atoms with Gasteiger partial charge in [0.25, 0.3) is 0 Å². The summed E-state index contributed by atoms with van der Waals surface area (Å²) in [5.41, 5.74) is 0. The highest BCUT2D eigenvalue weighted by Gasteiger charge is 2.24. The Morgan fingerprint density at radius 2 is 1.74 bits per heavy atom. The summed E-state index contributed by atoms with van der Waals surface area (Å²) < 4.78 is 26.8. The van der Waals surface area contributed by atoms with Gasteiger partial charge in [-0.3, -0.25) is 9.05 Å². The van der Waals surface area contributed by atoms with Gasteiger partial charge in [-0.15, -0.1) is 0 Å². The van der Waals surface area contributed by atoms with Crippen molar-refractivity contribution in [2.45, 2.75) is 26.1 Å². The zero-order chi connectivity index (χ0) is 15.1. The minimum atomic E-state index is -4.11. The van der Waals surface area contributed by atoms with Crippen LogP contribution in [0, 0.1) is 0 Å². The average Bonchev–Trinajstić information content (AvgIpc) is 2.21. The van der Waals surface area contributed by atoms with Crippen molar-refractivity contribution in [1.29, 1.82) is 0 Å². The minimum absolute atomic E-state index is 0.0172. The van der Waals surface area contributed by atoms with Crippen LogP contribution in [-0.2, 0) is 18.3 Å². The molecule has 2 N–H and O–H groups in total. The van der Waals surface area contributed by atoms with Gasteiger partial charge in [0.05, 0.1) is 40.5 Å². The van der Waals surface area contributed by atoms with E-state index in [9.17, 15) is 14.6 Å². The molecule has 0 saturated carbocycles. The Morgan fingerprint density at radius 1 is 1.16 bits per heavy atom. The summed E-state index contributed by atoms with van der Waals surface area (Å²) in [5, 5.41) is 9.48. The Bertz CT molecular complexity index is 291. The van der Waals surface area contributed by atoms with Crippen LogP contribution < -0.4 is 0 Å². The fourth-order valence-electron chi connectivity index (χ4n) is 0.999. The monoisotopic (exact) mass is 300 g/mol. The Labute approximate surface area is 115 Å². The van der Waals surface area contributed by atoms with Gasteiger partial charge in [-0.25, -0.2) is 4.57 Å². The molecule has 1 unspecified atom stereocenters. The average molecular weight is 300 g/mol. The molecule has 0 amide bonds. The number of aliphatic hydroxyl groups excluding tert-OH is 1. The third-order valence-electron chi connectivity index (χ3n) is 2.07. The topological polar surface area (TPSA) is 85.2 Å². The SMILES string of the molecule is CC(C)OC[C@@H](O)COP(=O)(O)OCC[N+](C)(C)C. The van der Waals surface area contributed by atoms with Crippen molar-refractivity contribution in [3.8, 4) is 0 Å². The molecular formula is C11H27NO6P+. The number of phosphoric acid groups is 1. The predicted molar refractivity (Wildman–Crippen MR) is 71.7 cm³/mol. The molecule has 0 spiro atoms. The minimum Gasteiger partial charge on any atom is -0.388 e. The summed E-state index contributed by atoms with van der Waals surface area (Å²) in [6, 6.07) is 0. The van der Waals surface area contributed by atoms with Crippen LogP contribution in [0.15, 0.2) is 0 Å². The molecule has 0 saturated heterocycles. The second-order valence-corrected chi connectivity index (χ2v) is 7.10. The molecule has 0 radical (unpaired) electrons. The Balaban J connectivity index is 3.87. The first kappa shape index (κ1) is 19.0. The summed E-state index contributed by atoms with van der Waals surface area (Å²) in [4.78, 5) is 9.39. The summed E-state index contributed by atoms with van der Waals surface area (Å²) >= 11 is 0. The zero-order valence-corrected chi connectivity index (χ0v) is 13.3. The lowest BCUT2D eigenvalue weighted by Gasteiger charge is -2.24. The molecule has 7 nitrogen and oxygen atoms in total. The van der Waals surface area contributed by atoms with Gasteiger partial charge in [0, 0.05) is 0 Å². The van der Waals surface area contributed by atoms with Gasteiger partial charge in [0.15, 0.2) is 0 Å². The molecule has 116 valence electrons. The van der Waals surface area contributed by atoms with Crippen molar-refractivity contribution in [3.05, 3.63) is 0 Å². The van der Waals surface area contributed by atoms with E-state index in [0.717, 1.165) is 0 Å². The molecule has 0 aromatic rings. The molecule has 8 heteroatoms. The number of nitrogens with zero attached hydrogens (tertiary/aromatic N) is 1. The number of quaternary nitrogens is 1. The molecule has 0 heterocycles. The largest absolute Gasteiger partial charge is 0.472 e. The fourth-order valence-corrected chi connectivity index (χ4v) is 1.75. The number of aliphatic hydroxyl groups is 1. The van der Waals surface area contributed by atoms with Crippen molar-refractivity contribution < 1.29 is 32.8 Å². The number of ether oxygens (including phenoxy) is 1. The molecule has 19 heavy (non-hydrogen) atoms. The first-order valence-corrected chi connectivity index (χ1v) is 7.73.